The number of carbonyl (C=O) groups excluding carboxylic acids is 1. The normalized spacial score (nSPS) is 10.4. The highest BCUT2D eigenvalue weighted by Gasteiger charge is 2.16. The van der Waals surface area contributed by atoms with E-state index in [1.165, 1.54) is 12.1 Å². The molecule has 0 fully saturated rings. The second-order valence-corrected chi connectivity index (χ2v) is 2.77. The Morgan fingerprint density at radius 2 is 2.07 bits per heavy atom. The number of hydrogen-bond donors (Lipinski definition) is 1. The van der Waals surface area contributed by atoms with Crippen LogP contribution in [0.15, 0.2) is 18.2 Å². The van der Waals surface area contributed by atoms with E-state index in [9.17, 15) is 18.0 Å². The van der Waals surface area contributed by atoms with Gasteiger partial charge in [-0.05, 0) is 24.6 Å². The Balaban J connectivity index is 2.82. The summed E-state index contributed by atoms with van der Waals surface area (Å²) in [5.74, 6) is -2.23. The third kappa shape index (κ3) is 2.48. The largest absolute Gasteiger partial charge is 0.319 e. The molecule has 0 aliphatic rings. The minimum atomic E-state index is -3.14. The molecule has 1 rings (SSSR count). The summed E-state index contributed by atoms with van der Waals surface area (Å²) in [7, 11) is 0. The van der Waals surface area contributed by atoms with E-state index >= 15 is 0 Å². The zero-order valence-corrected chi connectivity index (χ0v) is 7.35. The van der Waals surface area contributed by atoms with Crippen LogP contribution in [0, 0.1) is 12.7 Å². The van der Waals surface area contributed by atoms with E-state index < -0.39 is 18.1 Å². The van der Waals surface area contributed by atoms with Gasteiger partial charge in [0.2, 0.25) is 0 Å². The second kappa shape index (κ2) is 4.13. The lowest BCUT2D eigenvalue weighted by Gasteiger charge is -2.05. The van der Waals surface area contributed by atoms with Crippen LogP contribution < -0.4 is 5.32 Å². The fourth-order valence-electron chi connectivity index (χ4n) is 0.909. The van der Waals surface area contributed by atoms with Crippen molar-refractivity contribution >= 4 is 11.6 Å². The molecule has 0 aliphatic heterocycles. The van der Waals surface area contributed by atoms with Crippen molar-refractivity contribution in [3.05, 3.63) is 29.6 Å². The molecule has 5 heteroatoms. The van der Waals surface area contributed by atoms with Crippen LogP contribution in [0.5, 0.6) is 0 Å². The number of carbonyl (C=O) groups is 1. The lowest BCUT2D eigenvalue weighted by atomic mass is 10.2. The average molecular weight is 203 g/mol. The zero-order valence-electron chi connectivity index (χ0n) is 7.35. The highest BCUT2D eigenvalue weighted by molar-refractivity contribution is 5.93. The van der Waals surface area contributed by atoms with E-state index in [2.05, 4.69) is 0 Å². The Hall–Kier alpha value is -1.52. The first-order chi connectivity index (χ1) is 6.50. The molecule has 0 bridgehead atoms. The molecule has 1 aromatic rings. The lowest BCUT2D eigenvalue weighted by molar-refractivity contribution is -0.126. The summed E-state index contributed by atoms with van der Waals surface area (Å²) in [4.78, 5) is 10.5. The summed E-state index contributed by atoms with van der Waals surface area (Å²) in [6.45, 7) is 1.65. The first kappa shape index (κ1) is 10.6. The molecular weight excluding hydrogens is 195 g/mol. The number of nitrogens with one attached hydrogen (secondary N) is 1. The summed E-state index contributed by atoms with van der Waals surface area (Å²) in [5, 5.41) is 1.77. The van der Waals surface area contributed by atoms with Crippen molar-refractivity contribution in [2.75, 3.05) is 5.32 Å². The number of rotatable bonds is 2. The molecule has 0 aromatic heterocycles. The number of hydrogen-bond acceptors (Lipinski definition) is 1. The van der Waals surface area contributed by atoms with Gasteiger partial charge in [0.15, 0.2) is 0 Å². The number of amides is 1. The molecule has 0 unspecified atom stereocenters. The van der Waals surface area contributed by atoms with Gasteiger partial charge in [-0.1, -0.05) is 6.07 Å². The van der Waals surface area contributed by atoms with Gasteiger partial charge in [0.25, 0.3) is 5.91 Å². The average Bonchev–Trinajstić information content (AvgIpc) is 2.09. The molecule has 1 aromatic carbocycles. The first-order valence-electron chi connectivity index (χ1n) is 3.86. The van der Waals surface area contributed by atoms with Gasteiger partial charge in [0.1, 0.15) is 5.82 Å². The van der Waals surface area contributed by atoms with Gasteiger partial charge in [0, 0.05) is 0 Å². The van der Waals surface area contributed by atoms with Gasteiger partial charge in [-0.2, -0.15) is 8.78 Å². The number of alkyl halides is 2. The predicted octanol–water partition coefficient (Wildman–Crippen LogP) is 2.34. The van der Waals surface area contributed by atoms with Crippen molar-refractivity contribution in [1.29, 1.82) is 0 Å². The number of aryl methyl sites for hydroxylation is 1. The van der Waals surface area contributed by atoms with Crippen LogP contribution in [-0.2, 0) is 4.79 Å². The Kier molecular flexibility index (Phi) is 3.11. The number of anilines is 1. The highest BCUT2D eigenvalue weighted by atomic mass is 19.3. The van der Waals surface area contributed by atoms with Gasteiger partial charge in [0.05, 0.1) is 5.69 Å². The fourth-order valence-corrected chi connectivity index (χ4v) is 0.909. The number of halogens is 3. The van der Waals surface area contributed by atoms with E-state index in [-0.39, 0.29) is 5.69 Å². The van der Waals surface area contributed by atoms with Crippen molar-refractivity contribution in [3.63, 3.8) is 0 Å². The first-order valence-corrected chi connectivity index (χ1v) is 3.86. The fraction of sp³-hybridized carbons (Fsp3) is 0.222. The van der Waals surface area contributed by atoms with Crippen LogP contribution in [0.2, 0.25) is 0 Å². The van der Waals surface area contributed by atoms with Crippen molar-refractivity contribution in [2.45, 2.75) is 13.3 Å². The summed E-state index contributed by atoms with van der Waals surface area (Å²) in [6, 6.07) is 3.91. The minimum Gasteiger partial charge on any atom is -0.319 e. The maximum absolute atomic E-state index is 13.0. The smallest absolute Gasteiger partial charge is 0.315 e. The third-order valence-electron chi connectivity index (χ3n) is 1.58. The molecule has 76 valence electrons. The molecule has 0 heterocycles. The molecule has 1 N–H and O–H groups in total. The summed E-state index contributed by atoms with van der Waals surface area (Å²) < 4.78 is 36.6. The molecule has 0 radical (unpaired) electrons. The summed E-state index contributed by atoms with van der Waals surface area (Å²) in [6.07, 6.45) is -3.14. The van der Waals surface area contributed by atoms with Gasteiger partial charge in [-0.15, -0.1) is 0 Å². The molecule has 0 saturated heterocycles. The van der Waals surface area contributed by atoms with E-state index in [1.807, 2.05) is 0 Å². The molecule has 0 aliphatic carbocycles. The van der Waals surface area contributed by atoms with Gasteiger partial charge >= 0.3 is 6.43 Å². The quantitative estimate of drug-likeness (QED) is 0.785. The highest BCUT2D eigenvalue weighted by Crippen LogP contribution is 2.15. The van der Waals surface area contributed by atoms with E-state index in [0.717, 1.165) is 6.07 Å². The van der Waals surface area contributed by atoms with Crippen LogP contribution in [0.1, 0.15) is 5.56 Å². The van der Waals surface area contributed by atoms with Crippen molar-refractivity contribution in [2.24, 2.45) is 0 Å². The second-order valence-electron chi connectivity index (χ2n) is 2.77. The van der Waals surface area contributed by atoms with Crippen LogP contribution >= 0.6 is 0 Å². The van der Waals surface area contributed by atoms with Gasteiger partial charge in [-0.25, -0.2) is 4.39 Å². The van der Waals surface area contributed by atoms with Crippen molar-refractivity contribution in [1.82, 2.24) is 0 Å². The zero-order chi connectivity index (χ0) is 10.7. The van der Waals surface area contributed by atoms with Crippen LogP contribution in [0.25, 0.3) is 0 Å². The van der Waals surface area contributed by atoms with E-state index in [0.29, 0.717) is 5.56 Å². The predicted molar refractivity (Wildman–Crippen MR) is 45.8 cm³/mol. The summed E-state index contributed by atoms with van der Waals surface area (Å²) >= 11 is 0. The number of benzene rings is 1. The van der Waals surface area contributed by atoms with E-state index in [4.69, 9.17) is 0 Å². The molecule has 2 nitrogen and oxygen atoms in total. The molecular formula is C9H8F3NO. The van der Waals surface area contributed by atoms with Crippen LogP contribution in [0.3, 0.4) is 0 Å². The molecule has 0 saturated carbocycles. The SMILES string of the molecule is Cc1ccc(NC(=O)C(F)F)c(F)c1. The third-order valence-corrected chi connectivity index (χ3v) is 1.58. The molecule has 0 spiro atoms. The monoisotopic (exact) mass is 203 g/mol. The van der Waals surface area contributed by atoms with E-state index in [1.54, 1.807) is 12.2 Å². The van der Waals surface area contributed by atoms with Crippen molar-refractivity contribution < 1.29 is 18.0 Å². The Bertz CT molecular complexity index is 352. The summed E-state index contributed by atoms with van der Waals surface area (Å²) in [5.41, 5.74) is 0.415. The Morgan fingerprint density at radius 1 is 1.43 bits per heavy atom. The molecule has 0 atom stereocenters. The maximum Gasteiger partial charge on any atom is 0.315 e. The van der Waals surface area contributed by atoms with Crippen LogP contribution in [0.4, 0.5) is 18.9 Å². The maximum atomic E-state index is 13.0. The Morgan fingerprint density at radius 3 is 2.57 bits per heavy atom. The standard InChI is InChI=1S/C9H8F3NO/c1-5-2-3-7(6(10)4-5)13-9(14)8(11)12/h2-4,8H,1H3,(H,13,14). The van der Waals surface area contributed by atoms with Crippen LogP contribution in [-0.4, -0.2) is 12.3 Å². The van der Waals surface area contributed by atoms with Gasteiger partial charge < -0.3 is 5.32 Å². The lowest BCUT2D eigenvalue weighted by Crippen LogP contribution is -2.20. The van der Waals surface area contributed by atoms with Crippen molar-refractivity contribution in [3.8, 4) is 0 Å². The molecule has 14 heavy (non-hydrogen) atoms. The minimum absolute atomic E-state index is 0.235. The Labute approximate surface area is 78.7 Å². The topological polar surface area (TPSA) is 29.1 Å². The molecule has 1 amide bonds. The van der Waals surface area contributed by atoms with Gasteiger partial charge in [-0.3, -0.25) is 4.79 Å².